The molecule has 2 amide bonds. The molecule has 1 saturated carbocycles. The molecule has 1 N–H and O–H groups in total. The fraction of sp³-hybridized carbons (Fsp3) is 0.611. The van der Waals surface area contributed by atoms with Crippen LogP contribution in [0.5, 0.6) is 0 Å². The number of nitriles is 1. The van der Waals surface area contributed by atoms with Crippen LogP contribution in [0.3, 0.4) is 0 Å². The normalized spacial score (nSPS) is 21.0. The second-order valence-corrected chi connectivity index (χ2v) is 7.74. The van der Waals surface area contributed by atoms with Crippen LogP contribution in [0, 0.1) is 17.2 Å². The average Bonchev–Trinajstić information content (AvgIpc) is 3.16. The molecule has 24 heavy (non-hydrogen) atoms. The Hall–Kier alpha value is -1.87. The lowest BCUT2D eigenvalue weighted by atomic mass is 9.82. The van der Waals surface area contributed by atoms with Gasteiger partial charge in [-0.15, -0.1) is 11.3 Å². The first kappa shape index (κ1) is 17.0. The molecule has 0 bridgehead atoms. The molecular formula is C18H23N3O2S. The number of piperidine rings is 1. The highest BCUT2D eigenvalue weighted by Gasteiger charge is 2.36. The van der Waals surface area contributed by atoms with E-state index in [4.69, 9.17) is 0 Å². The summed E-state index contributed by atoms with van der Waals surface area (Å²) in [5.41, 5.74) is -0.667. The maximum absolute atomic E-state index is 12.6. The van der Waals surface area contributed by atoms with Crippen LogP contribution in [0.1, 0.15) is 54.6 Å². The van der Waals surface area contributed by atoms with Crippen molar-refractivity contribution in [3.63, 3.8) is 0 Å². The lowest BCUT2D eigenvalue weighted by molar-refractivity contribution is -0.128. The average molecular weight is 345 g/mol. The molecule has 0 aromatic carbocycles. The van der Waals surface area contributed by atoms with Crippen molar-refractivity contribution in [2.45, 2.75) is 50.5 Å². The number of thiophene rings is 1. The van der Waals surface area contributed by atoms with Gasteiger partial charge in [0.05, 0.1) is 10.9 Å². The molecule has 5 nitrogen and oxygen atoms in total. The summed E-state index contributed by atoms with van der Waals surface area (Å²) < 4.78 is 0. The monoisotopic (exact) mass is 345 g/mol. The van der Waals surface area contributed by atoms with E-state index >= 15 is 0 Å². The Morgan fingerprint density at radius 2 is 1.96 bits per heavy atom. The van der Waals surface area contributed by atoms with Crippen LogP contribution in [0.25, 0.3) is 0 Å². The number of carbonyl (C=O) groups excluding carboxylic acids is 2. The number of nitrogens with one attached hydrogen (secondary N) is 1. The largest absolute Gasteiger partial charge is 0.338 e. The molecule has 0 spiro atoms. The Morgan fingerprint density at radius 3 is 2.54 bits per heavy atom. The molecule has 128 valence electrons. The summed E-state index contributed by atoms with van der Waals surface area (Å²) in [5, 5.41) is 14.4. The van der Waals surface area contributed by atoms with Crippen LogP contribution < -0.4 is 5.32 Å². The summed E-state index contributed by atoms with van der Waals surface area (Å²) in [6.07, 6.45) is 6.00. The minimum Gasteiger partial charge on any atom is -0.338 e. The molecule has 1 saturated heterocycles. The van der Waals surface area contributed by atoms with Crippen LogP contribution in [0.15, 0.2) is 17.5 Å². The van der Waals surface area contributed by atoms with E-state index < -0.39 is 5.54 Å². The highest BCUT2D eigenvalue weighted by Crippen LogP contribution is 2.29. The van der Waals surface area contributed by atoms with Crippen LogP contribution >= 0.6 is 11.3 Å². The second kappa shape index (κ2) is 7.35. The Morgan fingerprint density at radius 1 is 1.25 bits per heavy atom. The fourth-order valence-corrected chi connectivity index (χ4v) is 4.35. The molecule has 0 unspecified atom stereocenters. The van der Waals surface area contributed by atoms with E-state index in [-0.39, 0.29) is 17.7 Å². The Balaban J connectivity index is 1.53. The summed E-state index contributed by atoms with van der Waals surface area (Å²) in [6.45, 7) is 1.21. The highest BCUT2D eigenvalue weighted by molar-refractivity contribution is 7.12. The Kier molecular flexibility index (Phi) is 5.20. The van der Waals surface area contributed by atoms with Gasteiger partial charge in [-0.1, -0.05) is 25.3 Å². The van der Waals surface area contributed by atoms with Crippen molar-refractivity contribution < 1.29 is 9.59 Å². The standard InChI is InChI=1S/C18H23N3O2S/c19-13-18(8-2-1-3-9-18)20-16(22)14-6-10-21(11-7-14)17(23)15-5-4-12-24-15/h4-5,12,14H,1-3,6-11H2,(H,20,22). The third-order valence-corrected chi connectivity index (χ3v) is 6.03. The number of hydrogen-bond donors (Lipinski definition) is 1. The summed E-state index contributed by atoms with van der Waals surface area (Å²) in [4.78, 5) is 27.5. The minimum absolute atomic E-state index is 0.0123. The van der Waals surface area contributed by atoms with E-state index in [9.17, 15) is 14.9 Å². The summed E-state index contributed by atoms with van der Waals surface area (Å²) >= 11 is 1.45. The topological polar surface area (TPSA) is 73.2 Å². The predicted octanol–water partition coefficient (Wildman–Crippen LogP) is 2.94. The van der Waals surface area contributed by atoms with Gasteiger partial charge in [-0.25, -0.2) is 0 Å². The number of likely N-dealkylation sites (tertiary alicyclic amines) is 1. The fourth-order valence-electron chi connectivity index (χ4n) is 3.66. The van der Waals surface area contributed by atoms with Gasteiger partial charge in [0.2, 0.25) is 5.91 Å². The van der Waals surface area contributed by atoms with Gasteiger partial charge >= 0.3 is 0 Å². The third-order valence-electron chi connectivity index (χ3n) is 5.17. The zero-order valence-electron chi connectivity index (χ0n) is 13.8. The number of hydrogen-bond acceptors (Lipinski definition) is 4. The lowest BCUT2D eigenvalue weighted by Crippen LogP contribution is -2.52. The van der Waals surface area contributed by atoms with E-state index in [1.165, 1.54) is 11.3 Å². The van der Waals surface area contributed by atoms with Gasteiger partial charge in [0.15, 0.2) is 0 Å². The van der Waals surface area contributed by atoms with Crippen molar-refractivity contribution >= 4 is 23.2 Å². The number of amides is 2. The molecule has 0 atom stereocenters. The van der Waals surface area contributed by atoms with Gasteiger partial charge in [-0.3, -0.25) is 9.59 Å². The minimum atomic E-state index is -0.667. The smallest absolute Gasteiger partial charge is 0.263 e. The van der Waals surface area contributed by atoms with E-state index in [0.717, 1.165) is 37.0 Å². The maximum atomic E-state index is 12.6. The van der Waals surface area contributed by atoms with Crippen LogP contribution in [0.2, 0.25) is 0 Å². The van der Waals surface area contributed by atoms with Crippen LogP contribution in [-0.4, -0.2) is 35.3 Å². The van der Waals surface area contributed by atoms with E-state index in [0.29, 0.717) is 25.9 Å². The van der Waals surface area contributed by atoms with Crippen LogP contribution in [0.4, 0.5) is 0 Å². The van der Waals surface area contributed by atoms with E-state index in [2.05, 4.69) is 11.4 Å². The zero-order chi connectivity index (χ0) is 17.0. The highest BCUT2D eigenvalue weighted by atomic mass is 32.1. The molecule has 1 aromatic rings. The van der Waals surface area contributed by atoms with Gasteiger partial charge in [-0.05, 0) is 37.1 Å². The van der Waals surface area contributed by atoms with Crippen molar-refractivity contribution in [2.75, 3.05) is 13.1 Å². The first-order valence-electron chi connectivity index (χ1n) is 8.70. The molecule has 0 radical (unpaired) electrons. The van der Waals surface area contributed by atoms with Crippen molar-refractivity contribution in [3.05, 3.63) is 22.4 Å². The van der Waals surface area contributed by atoms with Crippen molar-refractivity contribution in [2.24, 2.45) is 5.92 Å². The number of rotatable bonds is 3. The molecular weight excluding hydrogens is 322 g/mol. The van der Waals surface area contributed by atoms with Crippen molar-refractivity contribution in [3.8, 4) is 6.07 Å². The Labute approximate surface area is 146 Å². The SMILES string of the molecule is N#CC1(NC(=O)C2CCN(C(=O)c3cccs3)CC2)CCCCC1. The van der Waals surface area contributed by atoms with Gasteiger partial charge in [0, 0.05) is 19.0 Å². The van der Waals surface area contributed by atoms with E-state index in [1.54, 1.807) is 0 Å². The predicted molar refractivity (Wildman–Crippen MR) is 92.5 cm³/mol. The van der Waals surface area contributed by atoms with Gasteiger partial charge in [-0.2, -0.15) is 5.26 Å². The molecule has 1 aliphatic carbocycles. The van der Waals surface area contributed by atoms with Gasteiger partial charge in [0.25, 0.3) is 5.91 Å². The molecule has 1 aliphatic heterocycles. The second-order valence-electron chi connectivity index (χ2n) is 6.79. The molecule has 2 fully saturated rings. The number of carbonyl (C=O) groups is 2. The molecule has 2 aliphatic rings. The van der Waals surface area contributed by atoms with Gasteiger partial charge in [0.1, 0.15) is 5.54 Å². The first-order chi connectivity index (χ1) is 11.6. The first-order valence-corrected chi connectivity index (χ1v) is 9.58. The van der Waals surface area contributed by atoms with E-state index in [1.807, 2.05) is 22.4 Å². The zero-order valence-corrected chi connectivity index (χ0v) is 14.6. The molecule has 1 aromatic heterocycles. The summed E-state index contributed by atoms with van der Waals surface area (Å²) in [6, 6.07) is 6.06. The molecule has 6 heteroatoms. The Bertz CT molecular complexity index is 621. The summed E-state index contributed by atoms with van der Waals surface area (Å²) in [7, 11) is 0. The van der Waals surface area contributed by atoms with Crippen molar-refractivity contribution in [1.29, 1.82) is 5.26 Å². The maximum Gasteiger partial charge on any atom is 0.263 e. The van der Waals surface area contributed by atoms with Crippen molar-refractivity contribution in [1.82, 2.24) is 10.2 Å². The number of nitrogens with zero attached hydrogens (tertiary/aromatic N) is 2. The van der Waals surface area contributed by atoms with Crippen LogP contribution in [-0.2, 0) is 4.79 Å². The third kappa shape index (κ3) is 3.62. The molecule has 2 heterocycles. The summed E-state index contributed by atoms with van der Waals surface area (Å²) in [5.74, 6) is -0.0455. The quantitative estimate of drug-likeness (QED) is 0.915. The van der Waals surface area contributed by atoms with Gasteiger partial charge < -0.3 is 10.2 Å². The lowest BCUT2D eigenvalue weighted by Gasteiger charge is -2.35. The molecule has 3 rings (SSSR count).